The standard InChI is InChI=1S/C22H27NO10S2/c1-15(21(24)25)13-16-3-7-18(8-4-16)32-34(28,29)11-2-12-35(30,31)33-19-9-5-17(6-10-19)14-20(23)22(26)27/h3-10,15,20H,2,11-14,23H2,1H3,(H,24,25)(H,26,27)/t15-,20-/m0/s1. The summed E-state index contributed by atoms with van der Waals surface area (Å²) in [6.07, 6.45) is 0.0631. The molecule has 192 valence electrons. The van der Waals surface area contributed by atoms with Gasteiger partial charge >= 0.3 is 32.2 Å². The Labute approximate surface area is 203 Å². The summed E-state index contributed by atoms with van der Waals surface area (Å²) in [7, 11) is -8.17. The van der Waals surface area contributed by atoms with Crippen molar-refractivity contribution in [3.05, 3.63) is 59.7 Å². The number of carboxylic acids is 2. The molecule has 0 fully saturated rings. The van der Waals surface area contributed by atoms with E-state index in [4.69, 9.17) is 24.3 Å². The summed E-state index contributed by atoms with van der Waals surface area (Å²) in [5, 5.41) is 17.8. The molecule has 0 aromatic heterocycles. The molecule has 11 nitrogen and oxygen atoms in total. The highest BCUT2D eigenvalue weighted by Gasteiger charge is 2.19. The first-order valence-electron chi connectivity index (χ1n) is 10.5. The van der Waals surface area contributed by atoms with E-state index in [1.165, 1.54) is 36.4 Å². The molecule has 0 spiro atoms. The largest absolute Gasteiger partial charge is 0.481 e. The zero-order chi connectivity index (χ0) is 26.2. The minimum absolute atomic E-state index is 0.00550. The fraction of sp³-hybridized carbons (Fsp3) is 0.364. The topological polar surface area (TPSA) is 187 Å². The lowest BCUT2D eigenvalue weighted by Crippen LogP contribution is -2.32. The fourth-order valence-corrected chi connectivity index (χ4v) is 5.09. The summed E-state index contributed by atoms with van der Waals surface area (Å²) < 4.78 is 58.6. The van der Waals surface area contributed by atoms with Gasteiger partial charge in [-0.1, -0.05) is 31.2 Å². The molecule has 0 aliphatic rings. The van der Waals surface area contributed by atoms with Gasteiger partial charge in [0.15, 0.2) is 0 Å². The third-order valence-electron chi connectivity index (χ3n) is 4.82. The van der Waals surface area contributed by atoms with E-state index in [0.29, 0.717) is 11.1 Å². The lowest BCUT2D eigenvalue weighted by atomic mass is 10.0. The van der Waals surface area contributed by atoms with Crippen molar-refractivity contribution in [1.29, 1.82) is 0 Å². The molecule has 4 N–H and O–H groups in total. The summed E-state index contributed by atoms with van der Waals surface area (Å²) in [6, 6.07) is 10.5. The molecular formula is C22H27NO10S2. The normalized spacial score (nSPS) is 13.5. The highest BCUT2D eigenvalue weighted by atomic mass is 32.2. The second kappa shape index (κ2) is 12.0. The number of hydrogen-bond donors (Lipinski definition) is 3. The van der Waals surface area contributed by atoms with Crippen LogP contribution in [0.2, 0.25) is 0 Å². The maximum absolute atomic E-state index is 12.2. The maximum Gasteiger partial charge on any atom is 0.320 e. The highest BCUT2D eigenvalue weighted by molar-refractivity contribution is 7.88. The van der Waals surface area contributed by atoms with E-state index in [-0.39, 0.29) is 30.8 Å². The van der Waals surface area contributed by atoms with Crippen LogP contribution in [0, 0.1) is 5.92 Å². The molecule has 2 rings (SSSR count). The van der Waals surface area contributed by atoms with E-state index < -0.39 is 55.6 Å². The zero-order valence-corrected chi connectivity index (χ0v) is 20.5. The molecule has 0 saturated carbocycles. The number of carbonyl (C=O) groups is 2. The minimum atomic E-state index is -4.09. The van der Waals surface area contributed by atoms with Crippen LogP contribution in [0.5, 0.6) is 11.5 Å². The summed E-state index contributed by atoms with van der Waals surface area (Å²) in [6.45, 7) is 1.56. The van der Waals surface area contributed by atoms with E-state index in [9.17, 15) is 26.4 Å². The second-order valence-electron chi connectivity index (χ2n) is 7.92. The van der Waals surface area contributed by atoms with Crippen LogP contribution in [0.4, 0.5) is 0 Å². The van der Waals surface area contributed by atoms with E-state index in [1.807, 2.05) is 0 Å². The van der Waals surface area contributed by atoms with Gasteiger partial charge in [0, 0.05) is 0 Å². The number of rotatable bonds is 14. The van der Waals surface area contributed by atoms with Crippen molar-refractivity contribution in [2.24, 2.45) is 11.7 Å². The maximum atomic E-state index is 12.2. The molecular weight excluding hydrogens is 502 g/mol. The monoisotopic (exact) mass is 529 g/mol. The van der Waals surface area contributed by atoms with E-state index in [1.54, 1.807) is 19.1 Å². The lowest BCUT2D eigenvalue weighted by molar-refractivity contribution is -0.141. The van der Waals surface area contributed by atoms with Gasteiger partial charge in [0.1, 0.15) is 17.5 Å². The molecule has 35 heavy (non-hydrogen) atoms. The quantitative estimate of drug-likeness (QED) is 0.300. The Kier molecular flexibility index (Phi) is 9.63. The fourth-order valence-electron chi connectivity index (χ4n) is 2.93. The molecule has 0 amide bonds. The molecule has 2 aromatic rings. The average molecular weight is 530 g/mol. The van der Waals surface area contributed by atoms with Crippen molar-refractivity contribution in [2.45, 2.75) is 32.2 Å². The minimum Gasteiger partial charge on any atom is -0.481 e. The highest BCUT2D eigenvalue weighted by Crippen LogP contribution is 2.19. The summed E-state index contributed by atoms with van der Waals surface area (Å²) in [4.78, 5) is 21.7. The zero-order valence-electron chi connectivity index (χ0n) is 18.9. The van der Waals surface area contributed by atoms with Crippen molar-refractivity contribution in [2.75, 3.05) is 11.5 Å². The summed E-state index contributed by atoms with van der Waals surface area (Å²) >= 11 is 0. The number of hydrogen-bond acceptors (Lipinski definition) is 9. The Hall–Kier alpha value is -3.16. The molecule has 0 saturated heterocycles. The van der Waals surface area contributed by atoms with Crippen molar-refractivity contribution < 1.29 is 45.0 Å². The molecule has 2 atom stereocenters. The Balaban J connectivity index is 1.85. The molecule has 0 aliphatic carbocycles. The van der Waals surface area contributed by atoms with Gasteiger partial charge in [-0.2, -0.15) is 16.8 Å². The van der Waals surface area contributed by atoms with Gasteiger partial charge in [-0.15, -0.1) is 0 Å². The van der Waals surface area contributed by atoms with Crippen LogP contribution < -0.4 is 14.1 Å². The van der Waals surface area contributed by atoms with Crippen molar-refractivity contribution in [1.82, 2.24) is 0 Å². The first kappa shape index (κ1) is 28.1. The number of benzene rings is 2. The lowest BCUT2D eigenvalue weighted by Gasteiger charge is -2.10. The van der Waals surface area contributed by atoms with Gasteiger partial charge < -0.3 is 24.3 Å². The van der Waals surface area contributed by atoms with Crippen molar-refractivity contribution in [3.63, 3.8) is 0 Å². The van der Waals surface area contributed by atoms with Crippen LogP contribution in [0.1, 0.15) is 24.5 Å². The molecule has 0 unspecified atom stereocenters. The predicted molar refractivity (Wildman–Crippen MR) is 126 cm³/mol. The summed E-state index contributed by atoms with van der Waals surface area (Å²) in [5.74, 6) is -3.82. The van der Waals surface area contributed by atoms with Gasteiger partial charge in [-0.05, 0) is 54.7 Å². The van der Waals surface area contributed by atoms with E-state index >= 15 is 0 Å². The Bertz CT molecular complexity index is 1130. The third-order valence-corrected chi connectivity index (χ3v) is 7.29. The SMILES string of the molecule is C[C@@H](Cc1ccc(OS(=O)(=O)CCCS(=O)(=O)Oc2ccc(C[C@H](N)C(=O)O)cc2)cc1)C(=O)O. The van der Waals surface area contributed by atoms with Crippen LogP contribution in [-0.4, -0.2) is 56.5 Å². The Morgan fingerprint density at radius 3 is 1.54 bits per heavy atom. The van der Waals surface area contributed by atoms with Gasteiger partial charge in [0.2, 0.25) is 0 Å². The van der Waals surface area contributed by atoms with Gasteiger partial charge in [0.25, 0.3) is 0 Å². The molecule has 0 heterocycles. The van der Waals surface area contributed by atoms with Crippen molar-refractivity contribution >= 4 is 32.2 Å². The van der Waals surface area contributed by atoms with Gasteiger partial charge in [0.05, 0.1) is 17.4 Å². The van der Waals surface area contributed by atoms with Crippen LogP contribution >= 0.6 is 0 Å². The third kappa shape index (κ3) is 9.92. The molecule has 2 aromatic carbocycles. The van der Waals surface area contributed by atoms with Crippen LogP contribution in [0.3, 0.4) is 0 Å². The average Bonchev–Trinajstić information content (AvgIpc) is 2.75. The Morgan fingerprint density at radius 1 is 0.771 bits per heavy atom. The van der Waals surface area contributed by atoms with Crippen LogP contribution in [-0.2, 0) is 42.7 Å². The second-order valence-corrected chi connectivity index (χ2v) is 11.3. The number of nitrogens with two attached hydrogens (primary N) is 1. The van der Waals surface area contributed by atoms with Crippen LogP contribution in [0.15, 0.2) is 48.5 Å². The smallest absolute Gasteiger partial charge is 0.320 e. The Morgan fingerprint density at radius 2 is 1.17 bits per heavy atom. The summed E-state index contributed by atoms with van der Waals surface area (Å²) in [5.41, 5.74) is 6.74. The molecule has 13 heteroatoms. The predicted octanol–water partition coefficient (Wildman–Crippen LogP) is 1.41. The number of carboxylic acid groups (broad SMARTS) is 2. The van der Waals surface area contributed by atoms with Gasteiger partial charge in [-0.3, -0.25) is 9.59 Å². The first-order valence-corrected chi connectivity index (χ1v) is 13.7. The first-order chi connectivity index (χ1) is 16.3. The van der Waals surface area contributed by atoms with Gasteiger partial charge in [-0.25, -0.2) is 0 Å². The van der Waals surface area contributed by atoms with Crippen molar-refractivity contribution in [3.8, 4) is 11.5 Å². The van der Waals surface area contributed by atoms with E-state index in [2.05, 4.69) is 0 Å². The molecule has 0 aliphatic heterocycles. The molecule has 0 bridgehead atoms. The molecule has 0 radical (unpaired) electrons. The van der Waals surface area contributed by atoms with Crippen LogP contribution in [0.25, 0.3) is 0 Å². The number of aliphatic carboxylic acids is 2. The van der Waals surface area contributed by atoms with E-state index in [0.717, 1.165) is 0 Å².